The van der Waals surface area contributed by atoms with Crippen LogP contribution in [-0.4, -0.2) is 11.0 Å². The quantitative estimate of drug-likeness (QED) is 0.890. The zero-order chi connectivity index (χ0) is 13.7. The van der Waals surface area contributed by atoms with Crippen molar-refractivity contribution in [3.63, 3.8) is 0 Å². The Labute approximate surface area is 113 Å². The van der Waals surface area contributed by atoms with Gasteiger partial charge in [-0.3, -0.25) is 4.98 Å². The van der Waals surface area contributed by atoms with E-state index in [0.29, 0.717) is 6.42 Å². The van der Waals surface area contributed by atoms with Gasteiger partial charge >= 0.3 is 0 Å². The lowest BCUT2D eigenvalue weighted by Gasteiger charge is -2.14. The number of benzene rings is 1. The predicted octanol–water partition coefficient (Wildman–Crippen LogP) is 3.25. The molecule has 0 saturated heterocycles. The third kappa shape index (κ3) is 4.14. The first-order valence-electron chi connectivity index (χ1n) is 6.53. The number of halogens is 1. The van der Waals surface area contributed by atoms with Crippen LogP contribution in [0.2, 0.25) is 0 Å². The first kappa shape index (κ1) is 13.7. The molecule has 2 nitrogen and oxygen atoms in total. The third-order valence-electron chi connectivity index (χ3n) is 3.11. The van der Waals surface area contributed by atoms with Crippen molar-refractivity contribution >= 4 is 0 Å². The monoisotopic (exact) mass is 258 g/mol. The van der Waals surface area contributed by atoms with Gasteiger partial charge in [0.05, 0.1) is 0 Å². The van der Waals surface area contributed by atoms with Crippen molar-refractivity contribution in [2.45, 2.75) is 32.9 Å². The van der Waals surface area contributed by atoms with Crippen LogP contribution in [0.4, 0.5) is 4.39 Å². The van der Waals surface area contributed by atoms with Crippen molar-refractivity contribution in [3.05, 3.63) is 65.2 Å². The van der Waals surface area contributed by atoms with Crippen LogP contribution < -0.4 is 5.32 Å². The van der Waals surface area contributed by atoms with Crippen LogP contribution in [0, 0.1) is 12.7 Å². The van der Waals surface area contributed by atoms with Gasteiger partial charge in [-0.1, -0.05) is 24.3 Å². The molecule has 0 aliphatic heterocycles. The summed E-state index contributed by atoms with van der Waals surface area (Å²) in [5, 5.41) is 3.39. The summed E-state index contributed by atoms with van der Waals surface area (Å²) in [6, 6.07) is 11.2. The lowest BCUT2D eigenvalue weighted by Crippen LogP contribution is -2.27. The molecule has 1 atom stereocenters. The first-order valence-corrected chi connectivity index (χ1v) is 6.53. The van der Waals surface area contributed by atoms with E-state index in [-0.39, 0.29) is 11.9 Å². The van der Waals surface area contributed by atoms with Gasteiger partial charge in [-0.15, -0.1) is 0 Å². The molecule has 1 heterocycles. The number of aromatic nitrogens is 1. The van der Waals surface area contributed by atoms with Crippen molar-refractivity contribution < 1.29 is 4.39 Å². The number of rotatable bonds is 5. The third-order valence-corrected chi connectivity index (χ3v) is 3.11. The summed E-state index contributed by atoms with van der Waals surface area (Å²) in [6.07, 6.45) is 2.56. The summed E-state index contributed by atoms with van der Waals surface area (Å²) in [6.45, 7) is 4.79. The van der Waals surface area contributed by atoms with Gasteiger partial charge in [-0.05, 0) is 43.5 Å². The minimum atomic E-state index is -0.131. The second kappa shape index (κ2) is 6.43. The molecule has 1 unspecified atom stereocenters. The minimum absolute atomic E-state index is 0.131. The lowest BCUT2D eigenvalue weighted by atomic mass is 10.1. The van der Waals surface area contributed by atoms with Gasteiger partial charge in [-0.2, -0.15) is 0 Å². The Kier molecular flexibility index (Phi) is 4.63. The maximum Gasteiger partial charge on any atom is 0.126 e. The SMILES string of the molecule is Cc1ccc(CNC(C)Cc2ccccc2F)cn1. The molecule has 0 saturated carbocycles. The van der Waals surface area contributed by atoms with Crippen LogP contribution >= 0.6 is 0 Å². The Morgan fingerprint density at radius 2 is 2.00 bits per heavy atom. The Bertz CT molecular complexity index is 523. The largest absolute Gasteiger partial charge is 0.310 e. The van der Waals surface area contributed by atoms with Gasteiger partial charge in [0.1, 0.15) is 5.82 Å². The van der Waals surface area contributed by atoms with Gasteiger partial charge in [0.15, 0.2) is 0 Å². The molecule has 3 heteroatoms. The van der Waals surface area contributed by atoms with E-state index in [9.17, 15) is 4.39 Å². The highest BCUT2D eigenvalue weighted by molar-refractivity contribution is 5.18. The van der Waals surface area contributed by atoms with Crippen molar-refractivity contribution in [2.24, 2.45) is 0 Å². The molecule has 0 bridgehead atoms. The van der Waals surface area contributed by atoms with Crippen LogP contribution in [0.5, 0.6) is 0 Å². The maximum atomic E-state index is 13.5. The number of pyridine rings is 1. The standard InChI is InChI=1S/C16H19FN2/c1-12-7-8-14(10-18-12)11-19-13(2)9-15-5-3-4-6-16(15)17/h3-8,10,13,19H,9,11H2,1-2H3. The molecule has 2 aromatic rings. The van der Waals surface area contributed by atoms with E-state index >= 15 is 0 Å². The molecular weight excluding hydrogens is 239 g/mol. The van der Waals surface area contributed by atoms with Crippen LogP contribution in [0.25, 0.3) is 0 Å². The second-order valence-electron chi connectivity index (χ2n) is 4.89. The summed E-state index contributed by atoms with van der Waals surface area (Å²) in [7, 11) is 0. The summed E-state index contributed by atoms with van der Waals surface area (Å²) in [5.41, 5.74) is 2.92. The van der Waals surface area contributed by atoms with E-state index in [0.717, 1.165) is 23.4 Å². The molecule has 0 amide bonds. The fourth-order valence-electron chi connectivity index (χ4n) is 1.96. The van der Waals surface area contributed by atoms with Gasteiger partial charge in [-0.25, -0.2) is 4.39 Å². The molecule has 100 valence electrons. The smallest absolute Gasteiger partial charge is 0.126 e. The molecule has 0 aliphatic carbocycles. The molecule has 0 spiro atoms. The van der Waals surface area contributed by atoms with E-state index in [2.05, 4.69) is 23.3 Å². The average Bonchev–Trinajstić information content (AvgIpc) is 2.41. The molecule has 1 aromatic carbocycles. The predicted molar refractivity (Wildman–Crippen MR) is 75.4 cm³/mol. The number of nitrogens with one attached hydrogen (secondary N) is 1. The zero-order valence-electron chi connectivity index (χ0n) is 11.4. The van der Waals surface area contributed by atoms with Crippen molar-refractivity contribution in [1.82, 2.24) is 10.3 Å². The van der Waals surface area contributed by atoms with E-state index < -0.39 is 0 Å². The van der Waals surface area contributed by atoms with Crippen molar-refractivity contribution in [3.8, 4) is 0 Å². The van der Waals surface area contributed by atoms with Crippen LogP contribution in [0.15, 0.2) is 42.6 Å². The highest BCUT2D eigenvalue weighted by Gasteiger charge is 2.07. The van der Waals surface area contributed by atoms with Gasteiger partial charge < -0.3 is 5.32 Å². The van der Waals surface area contributed by atoms with E-state index in [4.69, 9.17) is 0 Å². The summed E-state index contributed by atoms with van der Waals surface area (Å²) in [5.74, 6) is -0.131. The van der Waals surface area contributed by atoms with Crippen molar-refractivity contribution in [2.75, 3.05) is 0 Å². The molecule has 1 aromatic heterocycles. The van der Waals surface area contributed by atoms with Gasteiger partial charge in [0.2, 0.25) is 0 Å². The van der Waals surface area contributed by atoms with Crippen LogP contribution in [0.1, 0.15) is 23.7 Å². The second-order valence-corrected chi connectivity index (χ2v) is 4.89. The highest BCUT2D eigenvalue weighted by Crippen LogP contribution is 2.09. The highest BCUT2D eigenvalue weighted by atomic mass is 19.1. The van der Waals surface area contributed by atoms with E-state index in [1.54, 1.807) is 6.07 Å². The number of hydrogen-bond donors (Lipinski definition) is 1. The first-order chi connectivity index (χ1) is 9.15. The zero-order valence-corrected chi connectivity index (χ0v) is 11.4. The number of hydrogen-bond acceptors (Lipinski definition) is 2. The average molecular weight is 258 g/mol. The molecule has 0 radical (unpaired) electrons. The summed E-state index contributed by atoms with van der Waals surface area (Å²) in [4.78, 5) is 4.26. The molecular formula is C16H19FN2. The fourth-order valence-corrected chi connectivity index (χ4v) is 1.96. The number of nitrogens with zero attached hydrogens (tertiary/aromatic N) is 1. The normalized spacial score (nSPS) is 12.4. The Hall–Kier alpha value is -1.74. The van der Waals surface area contributed by atoms with E-state index in [1.165, 1.54) is 6.07 Å². The summed E-state index contributed by atoms with van der Waals surface area (Å²) >= 11 is 0. The Balaban J connectivity index is 1.86. The molecule has 0 fully saturated rings. The minimum Gasteiger partial charge on any atom is -0.310 e. The topological polar surface area (TPSA) is 24.9 Å². The van der Waals surface area contributed by atoms with Gasteiger partial charge in [0, 0.05) is 24.5 Å². The molecule has 0 aliphatic rings. The van der Waals surface area contributed by atoms with Crippen LogP contribution in [0.3, 0.4) is 0 Å². The van der Waals surface area contributed by atoms with Crippen LogP contribution in [-0.2, 0) is 13.0 Å². The van der Waals surface area contributed by atoms with Crippen molar-refractivity contribution in [1.29, 1.82) is 0 Å². The fraction of sp³-hybridized carbons (Fsp3) is 0.312. The van der Waals surface area contributed by atoms with Gasteiger partial charge in [0.25, 0.3) is 0 Å². The summed E-state index contributed by atoms with van der Waals surface area (Å²) < 4.78 is 13.5. The molecule has 2 rings (SSSR count). The molecule has 19 heavy (non-hydrogen) atoms. The number of aryl methyl sites for hydroxylation is 1. The Morgan fingerprint density at radius 3 is 2.68 bits per heavy atom. The molecule has 1 N–H and O–H groups in total. The Morgan fingerprint density at radius 1 is 1.21 bits per heavy atom. The van der Waals surface area contributed by atoms with E-state index in [1.807, 2.05) is 31.3 Å². The maximum absolute atomic E-state index is 13.5. The lowest BCUT2D eigenvalue weighted by molar-refractivity contribution is 0.525.